The van der Waals surface area contributed by atoms with Crippen molar-refractivity contribution in [1.82, 2.24) is 4.90 Å². The molecule has 0 heterocycles. The largest absolute Gasteiger partial charge is 0.393 e. The van der Waals surface area contributed by atoms with Crippen molar-refractivity contribution in [3.63, 3.8) is 0 Å². The van der Waals surface area contributed by atoms with Crippen molar-refractivity contribution >= 4 is 11.6 Å². The van der Waals surface area contributed by atoms with Gasteiger partial charge in [0.25, 0.3) is 5.91 Å². The van der Waals surface area contributed by atoms with E-state index in [9.17, 15) is 9.90 Å². The van der Waals surface area contributed by atoms with Crippen LogP contribution < -0.4 is 5.32 Å². The van der Waals surface area contributed by atoms with Gasteiger partial charge in [-0.05, 0) is 44.7 Å². The lowest BCUT2D eigenvalue weighted by atomic mass is 9.82. The molecule has 1 aromatic carbocycles. The Bertz CT molecular complexity index is 467. The molecule has 0 spiro atoms. The van der Waals surface area contributed by atoms with Crippen LogP contribution in [0.2, 0.25) is 0 Å². The zero-order valence-electron chi connectivity index (χ0n) is 12.5. The molecule has 0 radical (unpaired) electrons. The fourth-order valence-electron chi connectivity index (χ4n) is 2.63. The number of amides is 1. The number of nitrogens with zero attached hydrogens (tertiary/aromatic N) is 1. The highest BCUT2D eigenvalue weighted by molar-refractivity contribution is 5.99. The van der Waals surface area contributed by atoms with Crippen LogP contribution in [0, 0.1) is 5.92 Å². The van der Waals surface area contributed by atoms with Crippen LogP contribution in [0.15, 0.2) is 24.3 Å². The number of para-hydroxylation sites is 1. The molecule has 1 aliphatic rings. The molecule has 1 aliphatic carbocycles. The Balaban J connectivity index is 2.04. The average molecular weight is 276 g/mol. The van der Waals surface area contributed by atoms with Crippen LogP contribution in [0.5, 0.6) is 0 Å². The first kappa shape index (κ1) is 14.9. The predicted octanol–water partition coefficient (Wildman–Crippen LogP) is 2.35. The molecule has 1 saturated carbocycles. The summed E-state index contributed by atoms with van der Waals surface area (Å²) < 4.78 is 0. The highest BCUT2D eigenvalue weighted by Crippen LogP contribution is 2.28. The van der Waals surface area contributed by atoms with Crippen LogP contribution in [-0.2, 0) is 0 Å². The smallest absolute Gasteiger partial charge is 0.255 e. The second-order valence-corrected chi connectivity index (χ2v) is 6.02. The summed E-state index contributed by atoms with van der Waals surface area (Å²) in [5.74, 6) is 0.472. The standard InChI is InChI=1S/C16H24N2O2/c1-11(2)17-15-7-5-4-6-14(15)16(20)18(3)10-12-8-13(19)9-12/h4-7,11-13,17,19H,8-10H2,1-3H3. The summed E-state index contributed by atoms with van der Waals surface area (Å²) in [7, 11) is 1.83. The van der Waals surface area contributed by atoms with Crippen molar-refractivity contribution in [2.45, 2.75) is 38.8 Å². The van der Waals surface area contributed by atoms with Crippen molar-refractivity contribution in [3.8, 4) is 0 Å². The fraction of sp³-hybridized carbons (Fsp3) is 0.562. The summed E-state index contributed by atoms with van der Waals surface area (Å²) in [4.78, 5) is 14.3. The Morgan fingerprint density at radius 2 is 2.05 bits per heavy atom. The summed E-state index contributed by atoms with van der Waals surface area (Å²) >= 11 is 0. The zero-order valence-corrected chi connectivity index (χ0v) is 12.5. The predicted molar refractivity (Wildman–Crippen MR) is 80.9 cm³/mol. The lowest BCUT2D eigenvalue weighted by Crippen LogP contribution is -2.39. The maximum atomic E-state index is 12.5. The first-order chi connectivity index (χ1) is 9.47. The molecule has 110 valence electrons. The van der Waals surface area contributed by atoms with Gasteiger partial charge in [0.05, 0.1) is 11.7 Å². The van der Waals surface area contributed by atoms with Gasteiger partial charge in [0, 0.05) is 25.3 Å². The average Bonchev–Trinajstić information content (AvgIpc) is 2.36. The number of anilines is 1. The van der Waals surface area contributed by atoms with Gasteiger partial charge in [0.2, 0.25) is 0 Å². The van der Waals surface area contributed by atoms with Crippen LogP contribution in [-0.4, -0.2) is 41.7 Å². The molecule has 0 bridgehead atoms. The van der Waals surface area contributed by atoms with Gasteiger partial charge in [-0.3, -0.25) is 4.79 Å². The maximum Gasteiger partial charge on any atom is 0.255 e. The number of hydrogen-bond donors (Lipinski definition) is 2. The van der Waals surface area contributed by atoms with E-state index in [1.807, 2.05) is 31.3 Å². The van der Waals surface area contributed by atoms with E-state index in [2.05, 4.69) is 19.2 Å². The summed E-state index contributed by atoms with van der Waals surface area (Å²) in [6.07, 6.45) is 1.45. The maximum absolute atomic E-state index is 12.5. The molecule has 2 rings (SSSR count). The number of carbonyl (C=O) groups excluding carboxylic acids is 1. The van der Waals surface area contributed by atoms with Crippen molar-refractivity contribution in [2.75, 3.05) is 18.9 Å². The molecule has 0 unspecified atom stereocenters. The van der Waals surface area contributed by atoms with E-state index in [1.165, 1.54) is 0 Å². The molecular weight excluding hydrogens is 252 g/mol. The molecule has 0 atom stereocenters. The van der Waals surface area contributed by atoms with Gasteiger partial charge in [-0.15, -0.1) is 0 Å². The Morgan fingerprint density at radius 3 is 2.65 bits per heavy atom. The van der Waals surface area contributed by atoms with Crippen LogP contribution in [0.25, 0.3) is 0 Å². The van der Waals surface area contributed by atoms with E-state index in [0.29, 0.717) is 18.0 Å². The van der Waals surface area contributed by atoms with E-state index in [1.54, 1.807) is 4.90 Å². The van der Waals surface area contributed by atoms with Gasteiger partial charge in [0.15, 0.2) is 0 Å². The number of rotatable bonds is 5. The molecule has 0 aliphatic heterocycles. The topological polar surface area (TPSA) is 52.6 Å². The van der Waals surface area contributed by atoms with Crippen LogP contribution in [0.3, 0.4) is 0 Å². The third-order valence-corrected chi connectivity index (χ3v) is 3.69. The minimum Gasteiger partial charge on any atom is -0.393 e. The first-order valence-electron chi connectivity index (χ1n) is 7.26. The Labute approximate surface area is 120 Å². The molecule has 2 N–H and O–H groups in total. The van der Waals surface area contributed by atoms with Crippen molar-refractivity contribution < 1.29 is 9.90 Å². The fourth-order valence-corrected chi connectivity index (χ4v) is 2.63. The van der Waals surface area contributed by atoms with Crippen molar-refractivity contribution in [3.05, 3.63) is 29.8 Å². The number of aliphatic hydroxyl groups excluding tert-OH is 1. The van der Waals surface area contributed by atoms with Gasteiger partial charge in [-0.2, -0.15) is 0 Å². The summed E-state index contributed by atoms with van der Waals surface area (Å²) in [6.45, 7) is 4.83. The van der Waals surface area contributed by atoms with Gasteiger partial charge in [0.1, 0.15) is 0 Å². The molecular formula is C16H24N2O2. The SMILES string of the molecule is CC(C)Nc1ccccc1C(=O)N(C)CC1CC(O)C1. The van der Waals surface area contributed by atoms with Crippen LogP contribution in [0.4, 0.5) is 5.69 Å². The second kappa shape index (κ2) is 6.27. The van der Waals surface area contributed by atoms with Crippen LogP contribution in [0.1, 0.15) is 37.0 Å². The van der Waals surface area contributed by atoms with E-state index < -0.39 is 0 Å². The lowest BCUT2D eigenvalue weighted by molar-refractivity contribution is 0.0265. The summed E-state index contributed by atoms with van der Waals surface area (Å²) in [5.41, 5.74) is 1.59. The van der Waals surface area contributed by atoms with E-state index in [0.717, 1.165) is 18.5 Å². The molecule has 4 heteroatoms. The Kier molecular flexibility index (Phi) is 4.65. The number of aliphatic hydroxyl groups is 1. The number of benzene rings is 1. The summed E-state index contributed by atoms with van der Waals surface area (Å²) in [5, 5.41) is 12.6. The number of nitrogens with one attached hydrogen (secondary N) is 1. The Morgan fingerprint density at radius 1 is 1.40 bits per heavy atom. The van der Waals surface area contributed by atoms with Crippen LogP contribution >= 0.6 is 0 Å². The quantitative estimate of drug-likeness (QED) is 0.868. The van der Waals surface area contributed by atoms with Crippen molar-refractivity contribution in [2.24, 2.45) is 5.92 Å². The minimum absolute atomic E-state index is 0.0372. The first-order valence-corrected chi connectivity index (χ1v) is 7.26. The van der Waals surface area contributed by atoms with Gasteiger partial charge >= 0.3 is 0 Å². The molecule has 0 aromatic heterocycles. The minimum atomic E-state index is -0.168. The number of hydrogen-bond acceptors (Lipinski definition) is 3. The summed E-state index contributed by atoms with van der Waals surface area (Å²) in [6, 6.07) is 7.91. The molecule has 1 amide bonds. The van der Waals surface area contributed by atoms with Crippen molar-refractivity contribution in [1.29, 1.82) is 0 Å². The van der Waals surface area contributed by atoms with E-state index >= 15 is 0 Å². The zero-order chi connectivity index (χ0) is 14.7. The number of carbonyl (C=O) groups is 1. The normalized spacial score (nSPS) is 21.4. The monoisotopic (exact) mass is 276 g/mol. The lowest BCUT2D eigenvalue weighted by Gasteiger charge is -2.34. The van der Waals surface area contributed by atoms with Gasteiger partial charge in [-0.25, -0.2) is 0 Å². The third kappa shape index (κ3) is 3.51. The molecule has 0 saturated heterocycles. The van der Waals surface area contributed by atoms with E-state index in [-0.39, 0.29) is 18.1 Å². The van der Waals surface area contributed by atoms with Gasteiger partial charge < -0.3 is 15.3 Å². The van der Waals surface area contributed by atoms with Gasteiger partial charge in [-0.1, -0.05) is 12.1 Å². The molecule has 20 heavy (non-hydrogen) atoms. The molecule has 1 aromatic rings. The molecule has 1 fully saturated rings. The molecule has 4 nitrogen and oxygen atoms in total. The third-order valence-electron chi connectivity index (χ3n) is 3.69. The highest BCUT2D eigenvalue weighted by atomic mass is 16.3. The Hall–Kier alpha value is -1.55. The highest BCUT2D eigenvalue weighted by Gasteiger charge is 2.29. The second-order valence-electron chi connectivity index (χ2n) is 6.02. The van der Waals surface area contributed by atoms with E-state index in [4.69, 9.17) is 0 Å².